The first-order valence-corrected chi connectivity index (χ1v) is 6.36. The molecule has 21 heavy (non-hydrogen) atoms. The molecule has 106 valence electrons. The fraction of sp³-hybridized carbons (Fsp3) is 0.125. The predicted molar refractivity (Wildman–Crippen MR) is 76.3 cm³/mol. The van der Waals surface area contributed by atoms with Gasteiger partial charge in [0, 0.05) is 5.69 Å². The molecule has 0 spiro atoms. The van der Waals surface area contributed by atoms with Crippen molar-refractivity contribution in [3.05, 3.63) is 59.9 Å². The number of hydrogen-bond acceptors (Lipinski definition) is 3. The number of rotatable bonds is 5. The third kappa shape index (κ3) is 4.32. The average Bonchev–Trinajstić information content (AvgIpc) is 2.50. The molecule has 0 saturated carbocycles. The number of carbonyl (C=O) groups excluding carboxylic acids is 1. The van der Waals surface area contributed by atoms with Crippen LogP contribution in [0.25, 0.3) is 0 Å². The van der Waals surface area contributed by atoms with Crippen LogP contribution >= 0.6 is 0 Å². The zero-order valence-corrected chi connectivity index (χ0v) is 11.2. The summed E-state index contributed by atoms with van der Waals surface area (Å²) in [5, 5.41) is 11.3. The lowest BCUT2D eigenvalue weighted by molar-refractivity contribution is -0.116. The minimum Gasteiger partial charge on any atom is -0.493 e. The zero-order chi connectivity index (χ0) is 15.1. The fourth-order valence-corrected chi connectivity index (χ4v) is 1.69. The van der Waals surface area contributed by atoms with Gasteiger partial charge in [0.15, 0.2) is 0 Å². The van der Waals surface area contributed by atoms with E-state index in [0.717, 1.165) is 6.07 Å². The molecular weight excluding hydrogens is 271 g/mol. The van der Waals surface area contributed by atoms with E-state index >= 15 is 0 Å². The van der Waals surface area contributed by atoms with Gasteiger partial charge in [-0.2, -0.15) is 5.26 Å². The molecule has 4 nitrogen and oxygen atoms in total. The van der Waals surface area contributed by atoms with Crippen LogP contribution in [0.4, 0.5) is 10.1 Å². The van der Waals surface area contributed by atoms with Crippen molar-refractivity contribution in [1.29, 1.82) is 5.26 Å². The summed E-state index contributed by atoms with van der Waals surface area (Å²) in [5.74, 6) is -0.178. The van der Waals surface area contributed by atoms with E-state index in [0.29, 0.717) is 11.4 Å². The Balaban J connectivity index is 1.83. The Bertz CT molecular complexity index is 666. The second-order valence-corrected chi connectivity index (χ2v) is 4.27. The molecule has 2 rings (SSSR count). The second kappa shape index (κ2) is 7.06. The van der Waals surface area contributed by atoms with Crippen molar-refractivity contribution in [2.45, 2.75) is 6.42 Å². The number of carbonyl (C=O) groups is 1. The highest BCUT2D eigenvalue weighted by atomic mass is 19.1. The summed E-state index contributed by atoms with van der Waals surface area (Å²) in [6.07, 6.45) is 0.161. The number of hydrogen-bond donors (Lipinski definition) is 1. The van der Waals surface area contributed by atoms with Gasteiger partial charge in [-0.25, -0.2) is 4.39 Å². The number of benzene rings is 2. The number of ether oxygens (including phenoxy) is 1. The van der Waals surface area contributed by atoms with Gasteiger partial charge in [-0.1, -0.05) is 18.2 Å². The topological polar surface area (TPSA) is 62.1 Å². The van der Waals surface area contributed by atoms with Crippen LogP contribution in [0, 0.1) is 17.1 Å². The van der Waals surface area contributed by atoms with Crippen molar-refractivity contribution < 1.29 is 13.9 Å². The number of nitrogens with zero attached hydrogens (tertiary/aromatic N) is 1. The molecule has 0 aliphatic rings. The van der Waals surface area contributed by atoms with Gasteiger partial charge in [0.05, 0.1) is 18.6 Å². The lowest BCUT2D eigenvalue weighted by Crippen LogP contribution is -2.15. The molecule has 2 aromatic carbocycles. The Hall–Kier alpha value is -2.87. The summed E-state index contributed by atoms with van der Waals surface area (Å²) < 4.78 is 18.5. The van der Waals surface area contributed by atoms with Gasteiger partial charge < -0.3 is 10.1 Å². The molecule has 0 bridgehead atoms. The molecule has 2 aromatic rings. The number of nitrogens with one attached hydrogen (secondary N) is 1. The molecule has 0 unspecified atom stereocenters. The van der Waals surface area contributed by atoms with Gasteiger partial charge in [0.25, 0.3) is 0 Å². The minimum absolute atomic E-state index is 0.103. The predicted octanol–water partition coefficient (Wildman–Crippen LogP) is 3.10. The first-order chi connectivity index (χ1) is 10.2. The maximum absolute atomic E-state index is 13.1. The van der Waals surface area contributed by atoms with E-state index in [-0.39, 0.29) is 24.5 Å². The summed E-state index contributed by atoms with van der Waals surface area (Å²) in [6.45, 7) is 0.238. The highest BCUT2D eigenvalue weighted by Crippen LogP contribution is 2.14. The quantitative estimate of drug-likeness (QED) is 0.917. The summed E-state index contributed by atoms with van der Waals surface area (Å²) >= 11 is 0. The van der Waals surface area contributed by atoms with Crippen molar-refractivity contribution in [3.8, 4) is 11.8 Å². The highest BCUT2D eigenvalue weighted by Gasteiger charge is 2.06. The van der Waals surface area contributed by atoms with E-state index in [2.05, 4.69) is 5.32 Å². The van der Waals surface area contributed by atoms with Gasteiger partial charge in [-0.3, -0.25) is 4.79 Å². The van der Waals surface area contributed by atoms with E-state index in [1.165, 1.54) is 12.1 Å². The van der Waals surface area contributed by atoms with Crippen LogP contribution in [0.3, 0.4) is 0 Å². The van der Waals surface area contributed by atoms with Crippen LogP contribution in [0.2, 0.25) is 0 Å². The van der Waals surface area contributed by atoms with Gasteiger partial charge in [0.2, 0.25) is 5.91 Å². The normalized spacial score (nSPS) is 9.71. The highest BCUT2D eigenvalue weighted by molar-refractivity contribution is 5.90. The Morgan fingerprint density at radius 1 is 1.24 bits per heavy atom. The number of para-hydroxylation sites is 1. The van der Waals surface area contributed by atoms with Gasteiger partial charge in [-0.05, 0) is 30.3 Å². The van der Waals surface area contributed by atoms with Gasteiger partial charge in [-0.15, -0.1) is 0 Å². The van der Waals surface area contributed by atoms with E-state index < -0.39 is 5.82 Å². The van der Waals surface area contributed by atoms with Crippen LogP contribution < -0.4 is 10.1 Å². The molecule has 0 atom stereocenters. The van der Waals surface area contributed by atoms with Crippen molar-refractivity contribution in [3.63, 3.8) is 0 Å². The summed E-state index contributed by atoms with van der Waals surface area (Å²) in [4.78, 5) is 11.7. The SMILES string of the molecule is N#Cc1cc(NC(=O)CCOc2ccccc2)ccc1F. The van der Waals surface area contributed by atoms with Crippen LogP contribution in [-0.2, 0) is 4.79 Å². The third-order valence-electron chi connectivity index (χ3n) is 2.71. The lowest BCUT2D eigenvalue weighted by Gasteiger charge is -2.07. The summed E-state index contributed by atoms with van der Waals surface area (Å²) in [6, 6.07) is 14.7. The van der Waals surface area contributed by atoms with Crippen molar-refractivity contribution in [2.75, 3.05) is 11.9 Å². The Morgan fingerprint density at radius 2 is 2.00 bits per heavy atom. The van der Waals surface area contributed by atoms with E-state index in [9.17, 15) is 9.18 Å². The first kappa shape index (κ1) is 14.5. The van der Waals surface area contributed by atoms with Crippen LogP contribution in [0.15, 0.2) is 48.5 Å². The molecule has 1 amide bonds. The van der Waals surface area contributed by atoms with Crippen molar-refractivity contribution in [1.82, 2.24) is 0 Å². The zero-order valence-electron chi connectivity index (χ0n) is 11.2. The third-order valence-corrected chi connectivity index (χ3v) is 2.71. The average molecular weight is 284 g/mol. The molecule has 1 N–H and O–H groups in total. The number of halogens is 1. The van der Waals surface area contributed by atoms with Crippen molar-refractivity contribution in [2.24, 2.45) is 0 Å². The minimum atomic E-state index is -0.608. The smallest absolute Gasteiger partial charge is 0.227 e. The largest absolute Gasteiger partial charge is 0.493 e. The monoisotopic (exact) mass is 284 g/mol. The van der Waals surface area contributed by atoms with E-state index in [1.54, 1.807) is 18.2 Å². The maximum Gasteiger partial charge on any atom is 0.227 e. The second-order valence-electron chi connectivity index (χ2n) is 4.27. The molecule has 0 fully saturated rings. The maximum atomic E-state index is 13.1. The molecule has 0 aliphatic carbocycles. The lowest BCUT2D eigenvalue weighted by atomic mass is 10.2. The molecule has 0 aliphatic heterocycles. The van der Waals surface area contributed by atoms with Crippen LogP contribution in [0.5, 0.6) is 5.75 Å². The number of amides is 1. The van der Waals surface area contributed by atoms with Gasteiger partial charge in [0.1, 0.15) is 17.6 Å². The van der Waals surface area contributed by atoms with E-state index in [4.69, 9.17) is 10.00 Å². The fourth-order valence-electron chi connectivity index (χ4n) is 1.69. The Morgan fingerprint density at radius 3 is 2.71 bits per heavy atom. The number of nitriles is 1. The summed E-state index contributed by atoms with van der Waals surface area (Å²) in [7, 11) is 0. The standard InChI is InChI=1S/C16H13FN2O2/c17-15-7-6-13(10-12(15)11-18)19-16(20)8-9-21-14-4-2-1-3-5-14/h1-7,10H,8-9H2,(H,19,20). The molecule has 0 aromatic heterocycles. The van der Waals surface area contributed by atoms with Gasteiger partial charge >= 0.3 is 0 Å². The molecule has 0 heterocycles. The van der Waals surface area contributed by atoms with Crippen LogP contribution in [-0.4, -0.2) is 12.5 Å². The Kier molecular flexibility index (Phi) is 4.89. The number of anilines is 1. The van der Waals surface area contributed by atoms with Crippen LogP contribution in [0.1, 0.15) is 12.0 Å². The molecular formula is C16H13FN2O2. The first-order valence-electron chi connectivity index (χ1n) is 6.36. The summed E-state index contributed by atoms with van der Waals surface area (Å²) in [5.41, 5.74) is 0.283. The van der Waals surface area contributed by atoms with Crippen molar-refractivity contribution >= 4 is 11.6 Å². The Labute approximate surface area is 121 Å². The molecule has 0 saturated heterocycles. The molecule has 5 heteroatoms. The van der Waals surface area contributed by atoms with E-state index in [1.807, 2.05) is 18.2 Å². The molecule has 0 radical (unpaired) electrons.